The Balaban J connectivity index is 1.58. The Morgan fingerprint density at radius 3 is 2.41 bits per heavy atom. The number of halogens is 1. The van der Waals surface area contributed by atoms with Crippen LogP contribution in [0.2, 0.25) is 0 Å². The molecule has 0 fully saturated rings. The summed E-state index contributed by atoms with van der Waals surface area (Å²) in [6.07, 6.45) is 1.98. The number of nitrogens with zero attached hydrogens (tertiary/aromatic N) is 3. The zero-order chi connectivity index (χ0) is 20.2. The van der Waals surface area contributed by atoms with Gasteiger partial charge < -0.3 is 9.67 Å². The summed E-state index contributed by atoms with van der Waals surface area (Å²) in [6, 6.07) is 20.9. The van der Waals surface area contributed by atoms with Crippen molar-refractivity contribution in [3.05, 3.63) is 102 Å². The second-order valence-corrected chi connectivity index (χ2v) is 6.64. The first-order chi connectivity index (χ1) is 14.1. The lowest BCUT2D eigenvalue weighted by molar-refractivity contribution is 0.0697. The highest BCUT2D eigenvalue weighted by Crippen LogP contribution is 2.24. The third-order valence-corrected chi connectivity index (χ3v) is 4.71. The lowest BCUT2D eigenvalue weighted by Crippen LogP contribution is -2.00. The first kappa shape index (κ1) is 18.6. The molecule has 0 atom stereocenters. The number of hydrogen-bond donors (Lipinski definition) is 1. The quantitative estimate of drug-likeness (QED) is 0.424. The highest BCUT2D eigenvalue weighted by Gasteiger charge is 2.10. The molecule has 6 heteroatoms. The van der Waals surface area contributed by atoms with Crippen LogP contribution in [0.15, 0.2) is 89.2 Å². The van der Waals surface area contributed by atoms with Crippen molar-refractivity contribution >= 4 is 22.6 Å². The van der Waals surface area contributed by atoms with Gasteiger partial charge in [-0.15, -0.1) is 0 Å². The molecule has 5 nitrogen and oxygen atoms in total. The molecule has 0 unspecified atom stereocenters. The maximum absolute atomic E-state index is 14.1. The largest absolute Gasteiger partial charge is 0.478 e. The molecule has 0 saturated carbocycles. The summed E-state index contributed by atoms with van der Waals surface area (Å²) in [5.41, 5.74) is 3.42. The zero-order valence-corrected chi connectivity index (χ0v) is 15.5. The number of benzene rings is 3. The van der Waals surface area contributed by atoms with Gasteiger partial charge in [-0.25, -0.2) is 9.18 Å². The van der Waals surface area contributed by atoms with E-state index in [9.17, 15) is 9.18 Å². The Kier molecular flexibility index (Phi) is 5.16. The number of carbonyl (C=O) groups is 1. The number of azo groups is 1. The monoisotopic (exact) mass is 387 g/mol. The van der Waals surface area contributed by atoms with E-state index in [2.05, 4.69) is 10.2 Å². The SMILES string of the molecule is O=C(O)c1ccc(N=NCc2cn(Cc3ccccc3F)c3ccccc23)cc1. The van der Waals surface area contributed by atoms with Gasteiger partial charge in [0, 0.05) is 28.2 Å². The Morgan fingerprint density at radius 1 is 0.931 bits per heavy atom. The van der Waals surface area contributed by atoms with Gasteiger partial charge in [-0.3, -0.25) is 0 Å². The maximum atomic E-state index is 14.1. The van der Waals surface area contributed by atoms with E-state index in [0.717, 1.165) is 16.5 Å². The fraction of sp³-hybridized carbons (Fsp3) is 0.0870. The molecule has 0 aliphatic rings. The summed E-state index contributed by atoms with van der Waals surface area (Å²) in [5.74, 6) is -1.20. The topological polar surface area (TPSA) is 66.9 Å². The van der Waals surface area contributed by atoms with E-state index in [-0.39, 0.29) is 11.4 Å². The van der Waals surface area contributed by atoms with E-state index in [1.807, 2.05) is 41.1 Å². The predicted molar refractivity (Wildman–Crippen MR) is 109 cm³/mol. The summed E-state index contributed by atoms with van der Waals surface area (Å²) in [7, 11) is 0. The van der Waals surface area contributed by atoms with Crippen LogP contribution >= 0.6 is 0 Å². The second-order valence-electron chi connectivity index (χ2n) is 6.64. The van der Waals surface area contributed by atoms with E-state index >= 15 is 0 Å². The van der Waals surface area contributed by atoms with Crippen molar-refractivity contribution in [3.8, 4) is 0 Å². The summed E-state index contributed by atoms with van der Waals surface area (Å²) in [4.78, 5) is 10.9. The molecule has 0 radical (unpaired) electrons. The summed E-state index contributed by atoms with van der Waals surface area (Å²) in [5, 5.41) is 18.4. The number of carboxylic acid groups (broad SMARTS) is 1. The number of fused-ring (bicyclic) bond motifs is 1. The molecular weight excluding hydrogens is 369 g/mol. The van der Waals surface area contributed by atoms with Crippen molar-refractivity contribution in [2.45, 2.75) is 13.1 Å². The van der Waals surface area contributed by atoms with Crippen molar-refractivity contribution in [2.75, 3.05) is 0 Å². The van der Waals surface area contributed by atoms with Crippen molar-refractivity contribution in [3.63, 3.8) is 0 Å². The number of aromatic carboxylic acids is 1. The summed E-state index contributed by atoms with van der Waals surface area (Å²) < 4.78 is 16.1. The number of para-hydroxylation sites is 1. The van der Waals surface area contributed by atoms with Gasteiger partial charge in [0.2, 0.25) is 0 Å². The van der Waals surface area contributed by atoms with Gasteiger partial charge in [0.15, 0.2) is 0 Å². The van der Waals surface area contributed by atoms with Crippen LogP contribution < -0.4 is 0 Å². The molecule has 1 heterocycles. The molecular formula is C23H18FN3O2. The number of aromatic nitrogens is 1. The van der Waals surface area contributed by atoms with Gasteiger partial charge in [-0.1, -0.05) is 36.4 Å². The van der Waals surface area contributed by atoms with Gasteiger partial charge in [0.05, 0.1) is 24.3 Å². The summed E-state index contributed by atoms with van der Waals surface area (Å²) >= 11 is 0. The summed E-state index contributed by atoms with van der Waals surface area (Å²) in [6.45, 7) is 0.798. The first-order valence-electron chi connectivity index (χ1n) is 9.13. The Bertz CT molecular complexity index is 1200. The number of rotatable bonds is 6. The Hall–Kier alpha value is -3.80. The molecule has 0 spiro atoms. The van der Waals surface area contributed by atoms with E-state index in [1.165, 1.54) is 18.2 Å². The van der Waals surface area contributed by atoms with Crippen LogP contribution in [0.1, 0.15) is 21.5 Å². The van der Waals surface area contributed by atoms with E-state index in [1.54, 1.807) is 24.3 Å². The van der Waals surface area contributed by atoms with Crippen molar-refractivity contribution in [1.82, 2.24) is 4.57 Å². The molecule has 1 N–H and O–H groups in total. The van der Waals surface area contributed by atoms with Crippen LogP contribution in [0.3, 0.4) is 0 Å². The molecule has 0 bridgehead atoms. The zero-order valence-electron chi connectivity index (χ0n) is 15.5. The molecule has 144 valence electrons. The second kappa shape index (κ2) is 8.06. The van der Waals surface area contributed by atoms with Crippen LogP contribution in [-0.2, 0) is 13.1 Å². The average Bonchev–Trinajstić information content (AvgIpc) is 3.08. The highest BCUT2D eigenvalue weighted by atomic mass is 19.1. The molecule has 1 aromatic heterocycles. The van der Waals surface area contributed by atoms with E-state index < -0.39 is 5.97 Å². The third kappa shape index (κ3) is 4.06. The smallest absolute Gasteiger partial charge is 0.335 e. The van der Waals surface area contributed by atoms with Crippen molar-refractivity contribution in [2.24, 2.45) is 10.2 Å². The van der Waals surface area contributed by atoms with Crippen LogP contribution in [-0.4, -0.2) is 15.6 Å². The average molecular weight is 387 g/mol. The predicted octanol–water partition coefficient (Wildman–Crippen LogP) is 5.81. The number of carboxylic acids is 1. The minimum Gasteiger partial charge on any atom is -0.478 e. The fourth-order valence-corrected chi connectivity index (χ4v) is 3.25. The van der Waals surface area contributed by atoms with Crippen molar-refractivity contribution in [1.29, 1.82) is 0 Å². The van der Waals surface area contributed by atoms with Gasteiger partial charge >= 0.3 is 5.97 Å². The Labute approximate surface area is 166 Å². The van der Waals surface area contributed by atoms with Gasteiger partial charge in [-0.05, 0) is 36.4 Å². The lowest BCUT2D eigenvalue weighted by atomic mass is 10.2. The molecule has 0 aliphatic carbocycles. The molecule has 0 saturated heterocycles. The molecule has 3 aromatic carbocycles. The molecule has 0 amide bonds. The molecule has 4 rings (SSSR count). The van der Waals surface area contributed by atoms with Crippen LogP contribution in [0, 0.1) is 5.82 Å². The maximum Gasteiger partial charge on any atom is 0.335 e. The minimum atomic E-state index is -0.976. The normalized spacial score (nSPS) is 11.3. The lowest BCUT2D eigenvalue weighted by Gasteiger charge is -2.06. The first-order valence-corrected chi connectivity index (χ1v) is 9.13. The van der Waals surface area contributed by atoms with Gasteiger partial charge in [0.25, 0.3) is 0 Å². The Morgan fingerprint density at radius 2 is 1.66 bits per heavy atom. The van der Waals surface area contributed by atoms with Gasteiger partial charge in [0.1, 0.15) is 5.82 Å². The van der Waals surface area contributed by atoms with Crippen molar-refractivity contribution < 1.29 is 14.3 Å². The fourth-order valence-electron chi connectivity index (χ4n) is 3.25. The van der Waals surface area contributed by atoms with Crippen LogP contribution in [0.5, 0.6) is 0 Å². The van der Waals surface area contributed by atoms with E-state index in [4.69, 9.17) is 5.11 Å². The highest BCUT2D eigenvalue weighted by molar-refractivity contribution is 5.87. The molecule has 4 aromatic rings. The molecule has 29 heavy (non-hydrogen) atoms. The van der Waals surface area contributed by atoms with Crippen LogP contribution in [0.25, 0.3) is 10.9 Å². The van der Waals surface area contributed by atoms with Crippen LogP contribution in [0.4, 0.5) is 10.1 Å². The van der Waals surface area contributed by atoms with Gasteiger partial charge in [-0.2, -0.15) is 10.2 Å². The standard InChI is InChI=1S/C23H18FN3O2/c24-21-7-3-1-5-17(21)14-27-15-18(20-6-2-4-8-22(20)27)13-25-26-19-11-9-16(10-12-19)23(28)29/h1-12,15H,13-14H2,(H,28,29). The third-order valence-electron chi connectivity index (χ3n) is 4.71. The molecule has 0 aliphatic heterocycles. The minimum absolute atomic E-state index is 0.208. The number of hydrogen-bond acceptors (Lipinski definition) is 3. The van der Waals surface area contributed by atoms with E-state index in [0.29, 0.717) is 24.3 Å².